The van der Waals surface area contributed by atoms with Crippen LogP contribution in [0.15, 0.2) is 47.5 Å². The number of alkyl halides is 3. The van der Waals surface area contributed by atoms with Crippen molar-refractivity contribution in [3.8, 4) is 16.9 Å². The Bertz CT molecular complexity index is 1220. The normalized spacial score (nSPS) is 13.6. The summed E-state index contributed by atoms with van der Waals surface area (Å²) in [5, 5.41) is 10.8. The maximum absolute atomic E-state index is 13.0. The van der Waals surface area contributed by atoms with Crippen LogP contribution in [-0.2, 0) is 24.0 Å². The zero-order valence-electron chi connectivity index (χ0n) is 17.4. The molecular formula is C20H20F3N5O3S. The molecule has 2 aromatic heterocycles. The average Bonchev–Trinajstić information content (AvgIpc) is 3.13. The van der Waals surface area contributed by atoms with E-state index >= 15 is 0 Å². The molecule has 0 fully saturated rings. The van der Waals surface area contributed by atoms with Crippen LogP contribution in [-0.4, -0.2) is 47.7 Å². The maximum atomic E-state index is 13.0. The molecule has 12 heteroatoms. The SMILES string of the molecule is CC(C[S@](C)=O)NC(=O)c1cc(-c2ccc(C(F)(F)F)cc2)nn(-c2cnn(C)c2)c1=O. The van der Waals surface area contributed by atoms with Gasteiger partial charge in [0, 0.05) is 41.5 Å². The van der Waals surface area contributed by atoms with Crippen LogP contribution >= 0.6 is 0 Å². The summed E-state index contributed by atoms with van der Waals surface area (Å²) >= 11 is 0. The summed E-state index contributed by atoms with van der Waals surface area (Å²) in [6, 6.07) is 4.98. The molecule has 1 amide bonds. The molecule has 0 saturated carbocycles. The minimum atomic E-state index is -4.50. The summed E-state index contributed by atoms with van der Waals surface area (Å²) in [5.41, 5.74) is -1.13. The molecule has 2 atom stereocenters. The van der Waals surface area contributed by atoms with E-state index in [2.05, 4.69) is 15.5 Å². The molecule has 0 aliphatic rings. The monoisotopic (exact) mass is 467 g/mol. The Morgan fingerprint density at radius 2 is 1.91 bits per heavy atom. The van der Waals surface area contributed by atoms with Gasteiger partial charge in [-0.2, -0.15) is 28.1 Å². The molecule has 3 aromatic rings. The molecule has 0 bridgehead atoms. The van der Waals surface area contributed by atoms with E-state index in [0.717, 1.165) is 16.8 Å². The van der Waals surface area contributed by atoms with E-state index in [0.29, 0.717) is 0 Å². The summed E-state index contributed by atoms with van der Waals surface area (Å²) in [6.07, 6.45) is -0.126. The lowest BCUT2D eigenvalue weighted by Crippen LogP contribution is -2.40. The number of halogens is 3. The molecule has 0 aliphatic heterocycles. The first-order valence-corrected chi connectivity index (χ1v) is 11.1. The molecule has 32 heavy (non-hydrogen) atoms. The second-order valence-electron chi connectivity index (χ2n) is 7.22. The number of nitrogens with one attached hydrogen (secondary N) is 1. The predicted molar refractivity (Wildman–Crippen MR) is 113 cm³/mol. The standard InChI is InChI=1S/C20H20F3N5O3S/c1-12(11-32(3)31)25-18(29)16-8-17(13-4-6-14(7-5-13)20(21,22)23)26-28(19(16)30)15-9-24-27(2)10-15/h4-10,12H,11H2,1-3H3,(H,25,29)/t12?,32-/m0/s1. The van der Waals surface area contributed by atoms with E-state index in [-0.39, 0.29) is 28.3 Å². The van der Waals surface area contributed by atoms with Gasteiger partial charge >= 0.3 is 6.18 Å². The summed E-state index contributed by atoms with van der Waals surface area (Å²) in [5.74, 6) is -0.513. The highest BCUT2D eigenvalue weighted by Gasteiger charge is 2.30. The lowest BCUT2D eigenvalue weighted by molar-refractivity contribution is -0.137. The van der Waals surface area contributed by atoms with Crippen molar-refractivity contribution < 1.29 is 22.2 Å². The first kappa shape index (κ1) is 23.4. The summed E-state index contributed by atoms with van der Waals surface area (Å²) in [6.45, 7) is 1.65. The predicted octanol–water partition coefficient (Wildman–Crippen LogP) is 2.15. The van der Waals surface area contributed by atoms with Gasteiger partial charge in [0.05, 0.1) is 23.7 Å². The lowest BCUT2D eigenvalue weighted by atomic mass is 10.1. The minimum Gasteiger partial charge on any atom is -0.348 e. The average molecular weight is 467 g/mol. The zero-order chi connectivity index (χ0) is 23.6. The third kappa shape index (κ3) is 5.31. The first-order valence-electron chi connectivity index (χ1n) is 9.37. The maximum Gasteiger partial charge on any atom is 0.416 e. The molecule has 1 aromatic carbocycles. The number of hydrogen-bond donors (Lipinski definition) is 1. The largest absolute Gasteiger partial charge is 0.416 e. The second kappa shape index (κ2) is 9.07. The summed E-state index contributed by atoms with van der Waals surface area (Å²) in [4.78, 5) is 25.8. The number of amides is 1. The van der Waals surface area contributed by atoms with Gasteiger partial charge in [0.25, 0.3) is 11.5 Å². The Hall–Kier alpha value is -3.28. The fourth-order valence-corrected chi connectivity index (χ4v) is 3.80. The summed E-state index contributed by atoms with van der Waals surface area (Å²) in [7, 11) is 0.471. The van der Waals surface area contributed by atoms with Crippen molar-refractivity contribution in [2.45, 2.75) is 19.1 Å². The Morgan fingerprint density at radius 3 is 2.44 bits per heavy atom. The topological polar surface area (TPSA) is 98.9 Å². The molecule has 0 spiro atoms. The number of carbonyl (C=O) groups excluding carboxylic acids is 1. The van der Waals surface area contributed by atoms with Crippen LogP contribution < -0.4 is 10.9 Å². The second-order valence-corrected chi connectivity index (χ2v) is 8.70. The number of aryl methyl sites for hydroxylation is 1. The number of aromatic nitrogens is 4. The van der Waals surface area contributed by atoms with Crippen molar-refractivity contribution in [3.05, 3.63) is 64.2 Å². The van der Waals surface area contributed by atoms with E-state index in [1.807, 2.05) is 0 Å². The first-order chi connectivity index (χ1) is 15.0. The van der Waals surface area contributed by atoms with Crippen LogP contribution in [0, 0.1) is 0 Å². The number of nitrogens with zero attached hydrogens (tertiary/aromatic N) is 4. The molecule has 3 rings (SSSR count). The van der Waals surface area contributed by atoms with Crippen molar-refractivity contribution in [2.24, 2.45) is 7.05 Å². The third-order valence-electron chi connectivity index (χ3n) is 4.46. The zero-order valence-corrected chi connectivity index (χ0v) is 18.2. The van der Waals surface area contributed by atoms with Crippen molar-refractivity contribution in [3.63, 3.8) is 0 Å². The van der Waals surface area contributed by atoms with E-state index in [1.54, 1.807) is 14.0 Å². The van der Waals surface area contributed by atoms with Gasteiger partial charge in [-0.05, 0) is 25.1 Å². The molecule has 8 nitrogen and oxygen atoms in total. The smallest absolute Gasteiger partial charge is 0.348 e. The van der Waals surface area contributed by atoms with Gasteiger partial charge in [0.15, 0.2) is 0 Å². The lowest BCUT2D eigenvalue weighted by Gasteiger charge is -2.14. The van der Waals surface area contributed by atoms with Crippen molar-refractivity contribution >= 4 is 16.7 Å². The van der Waals surface area contributed by atoms with Gasteiger partial charge < -0.3 is 5.32 Å². The highest BCUT2D eigenvalue weighted by molar-refractivity contribution is 7.84. The fourth-order valence-electron chi connectivity index (χ4n) is 3.02. The van der Waals surface area contributed by atoms with Gasteiger partial charge in [-0.1, -0.05) is 12.1 Å². The van der Waals surface area contributed by atoms with Crippen molar-refractivity contribution in [2.75, 3.05) is 12.0 Å². The highest BCUT2D eigenvalue weighted by Crippen LogP contribution is 2.30. The van der Waals surface area contributed by atoms with E-state index in [9.17, 15) is 27.0 Å². The van der Waals surface area contributed by atoms with Gasteiger partial charge in [-0.25, -0.2) is 0 Å². The van der Waals surface area contributed by atoms with E-state index in [4.69, 9.17) is 0 Å². The summed E-state index contributed by atoms with van der Waals surface area (Å²) < 4.78 is 52.5. The number of rotatable bonds is 6. The number of benzene rings is 1. The number of carbonyl (C=O) groups is 1. The van der Waals surface area contributed by atoms with Gasteiger partial charge in [0.2, 0.25) is 0 Å². The minimum absolute atomic E-state index is 0.124. The Balaban J connectivity index is 2.09. The molecule has 0 saturated heterocycles. The molecule has 0 aliphatic carbocycles. The molecule has 0 radical (unpaired) electrons. The molecule has 2 heterocycles. The highest BCUT2D eigenvalue weighted by atomic mass is 32.2. The quantitative estimate of drug-likeness (QED) is 0.599. The van der Waals surface area contributed by atoms with Gasteiger partial charge in [-0.15, -0.1) is 0 Å². The van der Waals surface area contributed by atoms with Crippen molar-refractivity contribution in [1.29, 1.82) is 0 Å². The Labute approximate surface area is 183 Å². The molecule has 170 valence electrons. The van der Waals surface area contributed by atoms with Crippen LogP contribution in [0.5, 0.6) is 0 Å². The van der Waals surface area contributed by atoms with E-state index in [1.165, 1.54) is 41.5 Å². The van der Waals surface area contributed by atoms with Crippen molar-refractivity contribution in [1.82, 2.24) is 24.9 Å². The van der Waals surface area contributed by atoms with Crippen LogP contribution in [0.4, 0.5) is 13.2 Å². The Kier molecular flexibility index (Phi) is 6.63. The molecular weight excluding hydrogens is 447 g/mol. The van der Waals surface area contributed by atoms with Crippen LogP contribution in [0.3, 0.4) is 0 Å². The van der Waals surface area contributed by atoms with Gasteiger partial charge in [0.1, 0.15) is 11.3 Å². The van der Waals surface area contributed by atoms with E-state index < -0.39 is 40.0 Å². The Morgan fingerprint density at radius 1 is 1.25 bits per heavy atom. The van der Waals surface area contributed by atoms with Crippen LogP contribution in [0.25, 0.3) is 16.9 Å². The molecule has 1 unspecified atom stereocenters. The van der Waals surface area contributed by atoms with Gasteiger partial charge in [-0.3, -0.25) is 18.5 Å². The molecule has 1 N–H and O–H groups in total. The fraction of sp³-hybridized carbons (Fsp3) is 0.300. The van der Waals surface area contributed by atoms with Crippen LogP contribution in [0.2, 0.25) is 0 Å². The number of hydrogen-bond acceptors (Lipinski definition) is 5. The van der Waals surface area contributed by atoms with Crippen LogP contribution in [0.1, 0.15) is 22.8 Å². The third-order valence-corrected chi connectivity index (χ3v) is 5.43.